The Morgan fingerprint density at radius 1 is 1.63 bits per heavy atom. The number of halogens is 2. The highest BCUT2D eigenvalue weighted by molar-refractivity contribution is 5.96. The standard InChI is InChI=1S/C9H10N4O2.CH3F.CH4.FH.H2/c14-8(15)6-3-7(5-10-4-6)13-9-11-1-2-12-9;1-2;;;/h3-5H,1-2H2,(H,14,15)(H2,11,12,13);1H3;1H4;2*1H/i;;;;1+2/hT. The van der Waals surface area contributed by atoms with E-state index in [2.05, 4.69) is 22.1 Å². The highest BCUT2D eigenvalue weighted by atomic mass is 19.1. The molecule has 110 valence electrons. The molecular formula is C11H20F2N4O2. The summed E-state index contributed by atoms with van der Waals surface area (Å²) in [6, 6.07) is 1.51. The van der Waals surface area contributed by atoms with Gasteiger partial charge in [-0.15, -0.1) is 0 Å². The van der Waals surface area contributed by atoms with Crippen molar-refractivity contribution in [2.45, 2.75) is 7.43 Å². The van der Waals surface area contributed by atoms with Gasteiger partial charge in [0.15, 0.2) is 5.96 Å². The number of rotatable bonds is 2. The molecule has 0 saturated heterocycles. The Morgan fingerprint density at radius 3 is 2.84 bits per heavy atom. The van der Waals surface area contributed by atoms with Crippen LogP contribution in [0, 0.1) is 0 Å². The van der Waals surface area contributed by atoms with Crippen LogP contribution in [0.5, 0.6) is 0 Å². The quantitative estimate of drug-likeness (QED) is 0.769. The average Bonchev–Trinajstić information content (AvgIpc) is 2.96. The number of carbonyl (C=O) groups is 1. The first-order valence-electron chi connectivity index (χ1n) is 5.25. The molecule has 1 aliphatic rings. The molecule has 2 heterocycles. The number of hydrogen-bond acceptors (Lipinski definition) is 5. The molecule has 6 nitrogen and oxygen atoms in total. The summed E-state index contributed by atoms with van der Waals surface area (Å²) in [6.45, 7) is 1.53. The maximum atomic E-state index is 10.7. The fourth-order valence-corrected chi connectivity index (χ4v) is 1.24. The van der Waals surface area contributed by atoms with Crippen LogP contribution in [0.15, 0.2) is 23.5 Å². The van der Waals surface area contributed by atoms with Gasteiger partial charge >= 0.3 is 5.97 Å². The fraction of sp³-hybridized carbons (Fsp3) is 0.364. The van der Waals surface area contributed by atoms with Gasteiger partial charge in [-0.3, -0.25) is 19.1 Å². The van der Waals surface area contributed by atoms with E-state index in [1.54, 1.807) is 6.20 Å². The van der Waals surface area contributed by atoms with Gasteiger partial charge in [-0.25, -0.2) is 4.79 Å². The average molecular weight is 282 g/mol. The third kappa shape index (κ3) is 5.75. The summed E-state index contributed by atoms with van der Waals surface area (Å²) in [6.07, 6.45) is 2.85. The van der Waals surface area contributed by atoms with Gasteiger partial charge in [-0.2, -0.15) is 0 Å². The number of guanidine groups is 1. The predicted octanol–water partition coefficient (Wildman–Crippen LogP) is 1.77. The monoisotopic (exact) mass is 282 g/mol. The lowest BCUT2D eigenvalue weighted by Gasteiger charge is -2.06. The van der Waals surface area contributed by atoms with Crippen LogP contribution in [0.2, 0.25) is 0 Å². The molecule has 0 aliphatic carbocycles. The summed E-state index contributed by atoms with van der Waals surface area (Å²) < 4.78 is 22.5. The maximum Gasteiger partial charge on any atom is 0.337 e. The van der Waals surface area contributed by atoms with Gasteiger partial charge in [-0.1, -0.05) is 7.43 Å². The molecule has 0 amide bonds. The minimum absolute atomic E-state index is 0. The Bertz CT molecular complexity index is 436. The number of aromatic nitrogens is 1. The zero-order valence-electron chi connectivity index (χ0n) is 10.7. The van der Waals surface area contributed by atoms with E-state index in [4.69, 9.17) is 9.82 Å². The van der Waals surface area contributed by atoms with Crippen molar-refractivity contribution in [1.82, 2.24) is 10.3 Å². The molecule has 0 fully saturated rings. The van der Waals surface area contributed by atoms with E-state index in [-0.39, 0.29) is 14.4 Å². The van der Waals surface area contributed by atoms with E-state index < -0.39 is 5.97 Å². The summed E-state index contributed by atoms with van der Waals surface area (Å²) >= 11 is 0. The third-order valence-corrected chi connectivity index (χ3v) is 1.92. The second kappa shape index (κ2) is 9.75. The molecule has 19 heavy (non-hydrogen) atoms. The minimum atomic E-state index is -0.993. The summed E-state index contributed by atoms with van der Waals surface area (Å²) in [7, 11) is 0.500. The summed E-state index contributed by atoms with van der Waals surface area (Å²) in [5.74, 6) is -0.341. The highest BCUT2D eigenvalue weighted by Gasteiger charge is 2.07. The number of carboxylic acid groups (broad SMARTS) is 1. The Kier molecular flexibility index (Phi) is 8.59. The van der Waals surface area contributed by atoms with E-state index in [1.807, 2.05) is 0 Å². The largest absolute Gasteiger partial charge is 0.478 e. The number of aliphatic imine (C=N–C) groups is 1. The van der Waals surface area contributed by atoms with Gasteiger partial charge in [0.25, 0.3) is 1.45 Å². The number of carboxylic acids is 1. The number of nitrogens with one attached hydrogen (secondary N) is 2. The second-order valence-electron chi connectivity index (χ2n) is 3.05. The summed E-state index contributed by atoms with van der Waals surface area (Å²) in [4.78, 5) is 18.6. The van der Waals surface area contributed by atoms with Crippen molar-refractivity contribution in [3.8, 4) is 0 Å². The van der Waals surface area contributed by atoms with Crippen LogP contribution < -0.4 is 10.6 Å². The topological polar surface area (TPSA) is 86.6 Å². The minimum Gasteiger partial charge on any atom is -0.478 e. The Hall–Kier alpha value is -2.25. The smallest absolute Gasteiger partial charge is 0.337 e. The van der Waals surface area contributed by atoms with Gasteiger partial charge in [-0.05, 0) is 6.07 Å². The van der Waals surface area contributed by atoms with Crippen molar-refractivity contribution in [2.75, 3.05) is 25.6 Å². The summed E-state index contributed by atoms with van der Waals surface area (Å²) in [5.41, 5.74) is 0.765. The maximum absolute atomic E-state index is 10.7. The first-order chi connectivity index (χ1) is 9.25. The number of anilines is 1. The van der Waals surface area contributed by atoms with Crippen LogP contribution >= 0.6 is 0 Å². The van der Waals surface area contributed by atoms with E-state index >= 15 is 0 Å². The first-order valence-corrected chi connectivity index (χ1v) is 4.87. The zero-order valence-corrected chi connectivity index (χ0v) is 9.65. The van der Waals surface area contributed by atoms with Crippen molar-refractivity contribution in [3.63, 3.8) is 0 Å². The van der Waals surface area contributed by atoms with E-state index in [9.17, 15) is 9.18 Å². The number of nitrogens with zero attached hydrogens (tertiary/aromatic N) is 2. The van der Waals surface area contributed by atoms with Crippen LogP contribution in [-0.2, 0) is 0 Å². The van der Waals surface area contributed by atoms with Gasteiger partial charge in [0.2, 0.25) is 0 Å². The lowest BCUT2D eigenvalue weighted by Crippen LogP contribution is -2.26. The molecule has 3 N–H and O–H groups in total. The normalized spacial score (nSPS) is 11.9. The fourth-order valence-electron chi connectivity index (χ4n) is 1.24. The van der Waals surface area contributed by atoms with Crippen LogP contribution in [0.1, 0.15) is 19.2 Å². The summed E-state index contributed by atoms with van der Waals surface area (Å²) in [5, 5.41) is 14.7. The SMILES string of the molecule is C.CF.O=C(O)c1cncc(NC2=NCCN2)c1.[3HH].[3H]F. The molecule has 1 aromatic heterocycles. The lowest BCUT2D eigenvalue weighted by atomic mass is 10.3. The predicted molar refractivity (Wildman–Crippen MR) is 73.5 cm³/mol. The highest BCUT2D eigenvalue weighted by Crippen LogP contribution is 2.08. The van der Waals surface area contributed by atoms with Crippen molar-refractivity contribution < 1.29 is 20.4 Å². The molecule has 1 aliphatic heterocycles. The van der Waals surface area contributed by atoms with Crippen molar-refractivity contribution >= 4 is 17.6 Å². The Labute approximate surface area is 113 Å². The zero-order chi connectivity index (χ0) is 14.7. The molecule has 0 spiro atoms. The van der Waals surface area contributed by atoms with Gasteiger partial charge in [0.1, 0.15) is 0 Å². The van der Waals surface area contributed by atoms with Gasteiger partial charge in [0, 0.05) is 14.2 Å². The van der Waals surface area contributed by atoms with Gasteiger partial charge < -0.3 is 15.7 Å². The molecule has 0 aromatic carbocycles. The van der Waals surface area contributed by atoms with Crippen LogP contribution in [-0.4, -0.2) is 43.7 Å². The molecule has 0 bridgehead atoms. The number of pyridine rings is 1. The van der Waals surface area contributed by atoms with Gasteiger partial charge in [0.05, 0.1) is 31.2 Å². The number of alkyl halides is 1. The van der Waals surface area contributed by atoms with Crippen molar-refractivity contribution in [3.05, 3.63) is 24.0 Å². The molecule has 0 unspecified atom stereocenters. The number of aromatic carboxylic acids is 1. The number of hydrogen-bond donors (Lipinski definition) is 3. The van der Waals surface area contributed by atoms with Crippen LogP contribution in [0.25, 0.3) is 0 Å². The molecule has 0 atom stereocenters. The second-order valence-corrected chi connectivity index (χ2v) is 3.05. The van der Waals surface area contributed by atoms with Crippen LogP contribution in [0.3, 0.4) is 0 Å². The molecule has 8 heteroatoms. The molecule has 0 saturated carbocycles. The van der Waals surface area contributed by atoms with E-state index in [1.165, 1.54) is 12.3 Å². The Morgan fingerprint density at radius 2 is 2.32 bits per heavy atom. The van der Waals surface area contributed by atoms with E-state index in [0.29, 0.717) is 18.8 Å². The molecule has 0 radical (unpaired) electrons. The molecule has 1 aromatic rings. The molecule has 2 rings (SSSR count). The Balaban J connectivity index is -0.000000499. The van der Waals surface area contributed by atoms with E-state index in [0.717, 1.165) is 13.1 Å². The first kappa shape index (κ1) is 16.8. The third-order valence-electron chi connectivity index (χ3n) is 1.92. The van der Waals surface area contributed by atoms with Crippen LogP contribution in [0.4, 0.5) is 14.8 Å². The lowest BCUT2D eigenvalue weighted by molar-refractivity contribution is 0.0696. The van der Waals surface area contributed by atoms with Crippen molar-refractivity contribution in [1.29, 1.82) is 1.45 Å². The van der Waals surface area contributed by atoms with Crippen molar-refractivity contribution in [2.24, 2.45) is 4.99 Å². The molecular weight excluding hydrogens is 258 g/mol.